The van der Waals surface area contributed by atoms with Gasteiger partial charge in [-0.25, -0.2) is 0 Å². The van der Waals surface area contributed by atoms with E-state index in [1.807, 2.05) is 30.9 Å². The van der Waals surface area contributed by atoms with Crippen molar-refractivity contribution in [1.82, 2.24) is 10.2 Å². The minimum atomic E-state index is 0.176. The van der Waals surface area contributed by atoms with Crippen LogP contribution in [0.4, 0.5) is 0 Å². The van der Waals surface area contributed by atoms with Gasteiger partial charge in [0.05, 0.1) is 6.54 Å². The minimum Gasteiger partial charge on any atom is -0.342 e. The summed E-state index contributed by atoms with van der Waals surface area (Å²) in [6.07, 6.45) is 2.47. The zero-order valence-corrected chi connectivity index (χ0v) is 13.0. The monoisotopic (exact) mass is 294 g/mol. The van der Waals surface area contributed by atoms with Crippen molar-refractivity contribution in [3.8, 4) is 0 Å². The Morgan fingerprint density at radius 3 is 2.40 bits per heavy atom. The molecule has 0 heterocycles. The van der Waals surface area contributed by atoms with E-state index in [0.29, 0.717) is 12.5 Å². The number of nitrogens with zero attached hydrogens (tertiary/aromatic N) is 1. The van der Waals surface area contributed by atoms with Gasteiger partial charge in [0.2, 0.25) is 5.91 Å². The van der Waals surface area contributed by atoms with Gasteiger partial charge in [-0.3, -0.25) is 4.79 Å². The van der Waals surface area contributed by atoms with Crippen LogP contribution in [0.15, 0.2) is 24.3 Å². The normalized spacial score (nSPS) is 15.9. The lowest BCUT2D eigenvalue weighted by atomic mass is 10.0. The van der Waals surface area contributed by atoms with Crippen molar-refractivity contribution in [2.24, 2.45) is 5.92 Å². The number of likely N-dealkylation sites (N-methyl/N-ethyl adjacent to an activating group) is 1. The first kappa shape index (κ1) is 15.3. The summed E-state index contributed by atoms with van der Waals surface area (Å²) in [5, 5.41) is 4.18. The minimum absolute atomic E-state index is 0.176. The molecule has 1 aliphatic rings. The molecule has 20 heavy (non-hydrogen) atoms. The predicted molar refractivity (Wildman–Crippen MR) is 82.8 cm³/mol. The molecular formula is C16H23ClN2O. The van der Waals surface area contributed by atoms with Crippen molar-refractivity contribution >= 4 is 17.5 Å². The molecule has 0 aliphatic heterocycles. The predicted octanol–water partition coefficient (Wildman–Crippen LogP) is 3.25. The average Bonchev–Trinajstić information content (AvgIpc) is 3.27. The summed E-state index contributed by atoms with van der Waals surface area (Å²) in [5.74, 6) is 0.829. The van der Waals surface area contributed by atoms with Crippen LogP contribution in [-0.4, -0.2) is 30.4 Å². The molecule has 1 saturated carbocycles. The number of amides is 1. The molecule has 1 amide bonds. The number of nitrogens with one attached hydrogen (secondary N) is 1. The lowest BCUT2D eigenvalue weighted by Gasteiger charge is -2.23. The molecule has 4 heteroatoms. The summed E-state index contributed by atoms with van der Waals surface area (Å²) >= 11 is 5.94. The number of carbonyl (C=O) groups is 1. The van der Waals surface area contributed by atoms with Crippen molar-refractivity contribution in [2.45, 2.75) is 32.7 Å². The van der Waals surface area contributed by atoms with Crippen LogP contribution in [0.3, 0.4) is 0 Å². The first-order valence-electron chi connectivity index (χ1n) is 7.42. The van der Waals surface area contributed by atoms with Gasteiger partial charge in [-0.05, 0) is 50.3 Å². The zero-order valence-electron chi connectivity index (χ0n) is 12.2. The molecule has 1 unspecified atom stereocenters. The Morgan fingerprint density at radius 2 is 1.90 bits per heavy atom. The molecule has 1 aliphatic carbocycles. The van der Waals surface area contributed by atoms with Crippen molar-refractivity contribution in [1.29, 1.82) is 0 Å². The second-order valence-corrected chi connectivity index (χ2v) is 5.75. The van der Waals surface area contributed by atoms with Gasteiger partial charge >= 0.3 is 0 Å². The summed E-state index contributed by atoms with van der Waals surface area (Å²) in [4.78, 5) is 13.9. The first-order valence-corrected chi connectivity index (χ1v) is 7.80. The third kappa shape index (κ3) is 3.97. The molecule has 1 aromatic carbocycles. The fraction of sp³-hybridized carbons (Fsp3) is 0.562. The Kier molecular flexibility index (Phi) is 5.44. The third-order valence-corrected chi connectivity index (χ3v) is 4.16. The Hall–Kier alpha value is -1.06. The van der Waals surface area contributed by atoms with E-state index in [0.717, 1.165) is 18.1 Å². The van der Waals surface area contributed by atoms with E-state index >= 15 is 0 Å². The summed E-state index contributed by atoms with van der Waals surface area (Å²) in [5.41, 5.74) is 1.23. The van der Waals surface area contributed by atoms with Gasteiger partial charge in [-0.2, -0.15) is 0 Å². The molecular weight excluding hydrogens is 272 g/mol. The molecule has 0 aromatic heterocycles. The Balaban J connectivity index is 1.96. The quantitative estimate of drug-likeness (QED) is 0.837. The molecule has 2 rings (SSSR count). The zero-order chi connectivity index (χ0) is 14.5. The average molecular weight is 295 g/mol. The number of carbonyl (C=O) groups excluding carboxylic acids is 1. The second-order valence-electron chi connectivity index (χ2n) is 5.31. The van der Waals surface area contributed by atoms with Crippen molar-refractivity contribution < 1.29 is 4.79 Å². The number of benzene rings is 1. The molecule has 0 spiro atoms. The van der Waals surface area contributed by atoms with Gasteiger partial charge in [0.15, 0.2) is 0 Å². The van der Waals surface area contributed by atoms with Gasteiger partial charge in [0.1, 0.15) is 0 Å². The first-order chi connectivity index (χ1) is 9.65. The van der Waals surface area contributed by atoms with Crippen LogP contribution in [0.1, 0.15) is 38.3 Å². The van der Waals surface area contributed by atoms with Gasteiger partial charge < -0.3 is 10.2 Å². The Labute approximate surface area is 126 Å². The van der Waals surface area contributed by atoms with Crippen molar-refractivity contribution in [2.75, 3.05) is 19.6 Å². The van der Waals surface area contributed by atoms with Crippen LogP contribution in [0, 0.1) is 5.92 Å². The Bertz CT molecular complexity index is 438. The molecule has 0 saturated heterocycles. The Morgan fingerprint density at radius 1 is 1.30 bits per heavy atom. The highest BCUT2D eigenvalue weighted by Crippen LogP contribution is 2.41. The van der Waals surface area contributed by atoms with E-state index < -0.39 is 0 Å². The maximum atomic E-state index is 12.1. The van der Waals surface area contributed by atoms with Crippen LogP contribution >= 0.6 is 11.6 Å². The van der Waals surface area contributed by atoms with Crippen LogP contribution < -0.4 is 5.32 Å². The van der Waals surface area contributed by atoms with E-state index in [2.05, 4.69) is 17.4 Å². The fourth-order valence-electron chi connectivity index (χ4n) is 2.54. The number of halogens is 1. The topological polar surface area (TPSA) is 32.3 Å². The summed E-state index contributed by atoms with van der Waals surface area (Å²) in [6.45, 7) is 5.97. The van der Waals surface area contributed by atoms with E-state index in [4.69, 9.17) is 11.6 Å². The van der Waals surface area contributed by atoms with Crippen LogP contribution in [0.2, 0.25) is 5.02 Å². The van der Waals surface area contributed by atoms with Crippen LogP contribution in [0.25, 0.3) is 0 Å². The standard InChI is InChI=1S/C16H23ClN2O/c1-3-19(4-2)15(20)11-18-16(12-5-6-12)13-7-9-14(17)10-8-13/h7-10,12,16,18H,3-6,11H2,1-2H3. The molecule has 1 N–H and O–H groups in total. The fourth-order valence-corrected chi connectivity index (χ4v) is 2.67. The maximum Gasteiger partial charge on any atom is 0.236 e. The number of hydrogen-bond acceptors (Lipinski definition) is 2. The molecule has 0 radical (unpaired) electrons. The van der Waals surface area contributed by atoms with Crippen molar-refractivity contribution in [3.63, 3.8) is 0 Å². The smallest absolute Gasteiger partial charge is 0.236 e. The third-order valence-electron chi connectivity index (χ3n) is 3.91. The molecule has 1 atom stereocenters. The highest BCUT2D eigenvalue weighted by Gasteiger charge is 2.32. The lowest BCUT2D eigenvalue weighted by Crippen LogP contribution is -2.39. The second kappa shape index (κ2) is 7.09. The van der Waals surface area contributed by atoms with Gasteiger partial charge in [-0.15, -0.1) is 0 Å². The van der Waals surface area contributed by atoms with E-state index in [9.17, 15) is 4.79 Å². The van der Waals surface area contributed by atoms with E-state index in [1.54, 1.807) is 0 Å². The summed E-state index contributed by atoms with van der Waals surface area (Å²) < 4.78 is 0. The number of hydrogen-bond donors (Lipinski definition) is 1. The van der Waals surface area contributed by atoms with Crippen LogP contribution in [-0.2, 0) is 4.79 Å². The molecule has 1 aromatic rings. The molecule has 1 fully saturated rings. The molecule has 3 nitrogen and oxygen atoms in total. The molecule has 0 bridgehead atoms. The number of rotatable bonds is 7. The highest BCUT2D eigenvalue weighted by molar-refractivity contribution is 6.30. The SMILES string of the molecule is CCN(CC)C(=O)CNC(c1ccc(Cl)cc1)C1CC1. The van der Waals surface area contributed by atoms with E-state index in [-0.39, 0.29) is 11.9 Å². The summed E-state index contributed by atoms with van der Waals surface area (Å²) in [7, 11) is 0. The van der Waals surface area contributed by atoms with E-state index in [1.165, 1.54) is 18.4 Å². The van der Waals surface area contributed by atoms with Gasteiger partial charge in [0.25, 0.3) is 0 Å². The highest BCUT2D eigenvalue weighted by atomic mass is 35.5. The summed E-state index contributed by atoms with van der Waals surface area (Å²) in [6, 6.07) is 8.22. The maximum absolute atomic E-state index is 12.1. The van der Waals surface area contributed by atoms with Gasteiger partial charge in [0, 0.05) is 24.2 Å². The van der Waals surface area contributed by atoms with Crippen LogP contribution in [0.5, 0.6) is 0 Å². The molecule has 110 valence electrons. The van der Waals surface area contributed by atoms with Gasteiger partial charge in [-0.1, -0.05) is 23.7 Å². The largest absolute Gasteiger partial charge is 0.342 e. The van der Waals surface area contributed by atoms with Crippen molar-refractivity contribution in [3.05, 3.63) is 34.9 Å². The lowest BCUT2D eigenvalue weighted by molar-refractivity contribution is -0.130.